The third-order valence-electron chi connectivity index (χ3n) is 3.08. The standard InChI is InChI=1S/C13H13NO6/c1-3-7-4-10(16)20-8-5-9(15)14(6-11(17)19-2)13(18)12(7)8/h4H,3,5-6H2,1-2H3. The van der Waals surface area contributed by atoms with Crippen molar-refractivity contribution < 1.29 is 23.5 Å². The number of hydrogen-bond donors (Lipinski definition) is 0. The Labute approximate surface area is 114 Å². The van der Waals surface area contributed by atoms with Gasteiger partial charge in [0.2, 0.25) is 5.91 Å². The maximum atomic E-state index is 12.3. The first-order chi connectivity index (χ1) is 9.47. The predicted molar refractivity (Wildman–Crippen MR) is 66.1 cm³/mol. The van der Waals surface area contributed by atoms with Crippen LogP contribution < -0.4 is 5.63 Å². The molecule has 1 aromatic heterocycles. The average Bonchev–Trinajstić information content (AvgIpc) is 2.41. The van der Waals surface area contributed by atoms with Crippen LogP contribution in [0.15, 0.2) is 15.3 Å². The topological polar surface area (TPSA) is 93.9 Å². The Morgan fingerprint density at radius 3 is 2.70 bits per heavy atom. The Bertz CT molecular complexity index is 645. The molecule has 0 atom stereocenters. The largest absolute Gasteiger partial charge is 0.468 e. The molecule has 0 aliphatic carbocycles. The van der Waals surface area contributed by atoms with Crippen molar-refractivity contribution >= 4 is 17.8 Å². The highest BCUT2D eigenvalue weighted by Crippen LogP contribution is 2.22. The van der Waals surface area contributed by atoms with E-state index < -0.39 is 30.0 Å². The van der Waals surface area contributed by atoms with Gasteiger partial charge in [-0.2, -0.15) is 0 Å². The summed E-state index contributed by atoms with van der Waals surface area (Å²) in [7, 11) is 1.17. The van der Waals surface area contributed by atoms with Crippen LogP contribution >= 0.6 is 0 Å². The number of imide groups is 1. The number of rotatable bonds is 3. The van der Waals surface area contributed by atoms with Crippen molar-refractivity contribution in [1.29, 1.82) is 0 Å². The summed E-state index contributed by atoms with van der Waals surface area (Å²) in [6.45, 7) is 1.33. The minimum atomic E-state index is -0.689. The maximum absolute atomic E-state index is 12.3. The molecule has 1 aliphatic rings. The first-order valence-electron chi connectivity index (χ1n) is 6.05. The van der Waals surface area contributed by atoms with Gasteiger partial charge in [-0.15, -0.1) is 0 Å². The lowest BCUT2D eigenvalue weighted by Gasteiger charge is -2.25. The molecule has 0 unspecified atom stereocenters. The third-order valence-corrected chi connectivity index (χ3v) is 3.08. The van der Waals surface area contributed by atoms with Gasteiger partial charge in [0.25, 0.3) is 5.91 Å². The van der Waals surface area contributed by atoms with E-state index in [0.717, 1.165) is 4.90 Å². The quantitative estimate of drug-likeness (QED) is 0.566. The van der Waals surface area contributed by atoms with Gasteiger partial charge >= 0.3 is 11.6 Å². The summed E-state index contributed by atoms with van der Waals surface area (Å²) >= 11 is 0. The van der Waals surface area contributed by atoms with Gasteiger partial charge < -0.3 is 9.15 Å². The molecule has 0 saturated heterocycles. The number of fused-ring (bicyclic) bond motifs is 1. The number of ether oxygens (including phenoxy) is 1. The zero-order chi connectivity index (χ0) is 14.9. The Kier molecular flexibility index (Phi) is 3.69. The molecule has 0 fully saturated rings. The fraction of sp³-hybridized carbons (Fsp3) is 0.385. The Balaban J connectivity index is 2.48. The lowest BCUT2D eigenvalue weighted by Crippen LogP contribution is -2.46. The molecule has 7 heteroatoms. The van der Waals surface area contributed by atoms with E-state index in [1.165, 1.54) is 13.2 Å². The van der Waals surface area contributed by atoms with Crippen LogP contribution in [0.5, 0.6) is 0 Å². The number of nitrogens with zero attached hydrogens (tertiary/aromatic N) is 1. The van der Waals surface area contributed by atoms with Crippen molar-refractivity contribution in [3.63, 3.8) is 0 Å². The van der Waals surface area contributed by atoms with Crippen LogP contribution in [-0.2, 0) is 27.2 Å². The molecule has 106 valence electrons. The second-order valence-electron chi connectivity index (χ2n) is 4.28. The van der Waals surface area contributed by atoms with Gasteiger partial charge in [0.15, 0.2) is 0 Å². The van der Waals surface area contributed by atoms with Gasteiger partial charge in [-0.1, -0.05) is 6.92 Å². The van der Waals surface area contributed by atoms with Gasteiger partial charge in [-0.05, 0) is 12.0 Å². The van der Waals surface area contributed by atoms with Crippen LogP contribution in [0, 0.1) is 0 Å². The molecular formula is C13H13NO6. The summed E-state index contributed by atoms with van der Waals surface area (Å²) in [6.07, 6.45) is 0.223. The summed E-state index contributed by atoms with van der Waals surface area (Å²) < 4.78 is 9.38. The van der Waals surface area contributed by atoms with E-state index >= 15 is 0 Å². The molecule has 1 aromatic rings. The van der Waals surface area contributed by atoms with E-state index in [4.69, 9.17) is 4.42 Å². The number of methoxy groups -OCH3 is 1. The number of amides is 2. The van der Waals surface area contributed by atoms with Crippen LogP contribution in [0.3, 0.4) is 0 Å². The number of hydrogen-bond acceptors (Lipinski definition) is 6. The minimum Gasteiger partial charge on any atom is -0.468 e. The summed E-state index contributed by atoms with van der Waals surface area (Å²) in [4.78, 5) is 47.6. The third kappa shape index (κ3) is 2.34. The van der Waals surface area contributed by atoms with Gasteiger partial charge in [0.05, 0.1) is 19.1 Å². The van der Waals surface area contributed by atoms with Crippen LogP contribution in [0.1, 0.15) is 28.6 Å². The summed E-state index contributed by atoms with van der Waals surface area (Å²) in [5.41, 5.74) is 0.0989. The van der Waals surface area contributed by atoms with Crippen molar-refractivity contribution in [2.75, 3.05) is 13.7 Å². The summed E-state index contributed by atoms with van der Waals surface area (Å²) in [6, 6.07) is 1.23. The van der Waals surface area contributed by atoms with Crippen LogP contribution in [-0.4, -0.2) is 36.3 Å². The molecule has 0 N–H and O–H groups in total. The fourth-order valence-electron chi connectivity index (χ4n) is 2.09. The second kappa shape index (κ2) is 5.28. The van der Waals surface area contributed by atoms with Crippen molar-refractivity contribution in [1.82, 2.24) is 4.90 Å². The number of carbonyl (C=O) groups excluding carboxylic acids is 3. The zero-order valence-corrected chi connectivity index (χ0v) is 11.1. The van der Waals surface area contributed by atoms with Crippen molar-refractivity contribution in [2.45, 2.75) is 19.8 Å². The minimum absolute atomic E-state index is 0.0606. The van der Waals surface area contributed by atoms with E-state index in [0.29, 0.717) is 12.0 Å². The van der Waals surface area contributed by atoms with E-state index in [-0.39, 0.29) is 17.7 Å². The predicted octanol–water partition coefficient (Wildman–Crippen LogP) is -0.0999. The van der Waals surface area contributed by atoms with Crippen LogP contribution in [0.25, 0.3) is 0 Å². The molecule has 0 spiro atoms. The fourth-order valence-corrected chi connectivity index (χ4v) is 2.09. The van der Waals surface area contributed by atoms with Crippen LogP contribution in [0.2, 0.25) is 0 Å². The van der Waals surface area contributed by atoms with Crippen molar-refractivity contribution in [3.8, 4) is 0 Å². The van der Waals surface area contributed by atoms with E-state index in [9.17, 15) is 19.2 Å². The molecule has 7 nitrogen and oxygen atoms in total. The molecule has 1 aliphatic heterocycles. The zero-order valence-electron chi connectivity index (χ0n) is 11.1. The van der Waals surface area contributed by atoms with Gasteiger partial charge in [0.1, 0.15) is 12.3 Å². The smallest absolute Gasteiger partial charge is 0.336 e. The SMILES string of the molecule is CCc1cc(=O)oc2c1C(=O)N(CC(=O)OC)C(=O)C2. The summed E-state index contributed by atoms with van der Waals surface area (Å²) in [5.74, 6) is -1.86. The first-order valence-corrected chi connectivity index (χ1v) is 6.05. The van der Waals surface area contributed by atoms with Crippen molar-refractivity contribution in [2.24, 2.45) is 0 Å². The molecule has 20 heavy (non-hydrogen) atoms. The number of carbonyl (C=O) groups is 3. The van der Waals surface area contributed by atoms with E-state index in [1.54, 1.807) is 6.92 Å². The first kappa shape index (κ1) is 14.0. The lowest BCUT2D eigenvalue weighted by molar-refractivity contribution is -0.145. The highest BCUT2D eigenvalue weighted by molar-refractivity contribution is 6.11. The molecule has 2 rings (SSSR count). The number of aryl methyl sites for hydroxylation is 1. The second-order valence-corrected chi connectivity index (χ2v) is 4.28. The van der Waals surface area contributed by atoms with Gasteiger partial charge in [-0.25, -0.2) is 4.79 Å². The molecule has 2 amide bonds. The molecule has 2 heterocycles. The van der Waals surface area contributed by atoms with Crippen LogP contribution in [0.4, 0.5) is 0 Å². The highest BCUT2D eigenvalue weighted by atomic mass is 16.5. The molecule has 0 aromatic carbocycles. The molecular weight excluding hydrogens is 266 g/mol. The Hall–Kier alpha value is -2.44. The van der Waals surface area contributed by atoms with Gasteiger partial charge in [-0.3, -0.25) is 19.3 Å². The Morgan fingerprint density at radius 1 is 1.40 bits per heavy atom. The normalized spacial score (nSPS) is 14.2. The maximum Gasteiger partial charge on any atom is 0.336 e. The molecule has 0 saturated carbocycles. The number of esters is 1. The van der Waals surface area contributed by atoms with Gasteiger partial charge in [0, 0.05) is 6.07 Å². The van der Waals surface area contributed by atoms with Crippen molar-refractivity contribution in [3.05, 3.63) is 33.4 Å². The van der Waals surface area contributed by atoms with E-state index in [1.807, 2.05) is 0 Å². The lowest BCUT2D eigenvalue weighted by atomic mass is 9.98. The Morgan fingerprint density at radius 2 is 2.10 bits per heavy atom. The summed E-state index contributed by atoms with van der Waals surface area (Å²) in [5, 5.41) is 0. The highest BCUT2D eigenvalue weighted by Gasteiger charge is 2.36. The average molecular weight is 279 g/mol. The monoisotopic (exact) mass is 279 g/mol. The molecule has 0 radical (unpaired) electrons. The van der Waals surface area contributed by atoms with E-state index in [2.05, 4.69) is 4.74 Å². The molecule has 0 bridgehead atoms.